The van der Waals surface area contributed by atoms with Crippen LogP contribution >= 0.6 is 11.6 Å². The standard InChI is InChI=1S/C11H13ClO2.C2H6/c1-8-2-3-9(12)6-11(8)14-10-4-5-13-7-10;1-2/h2-3,6,10H,4-5,7H2,1H3;1-2H3. The molecule has 0 saturated carbocycles. The molecule has 0 spiro atoms. The quantitative estimate of drug-likeness (QED) is 0.785. The predicted molar refractivity (Wildman–Crippen MR) is 67.4 cm³/mol. The number of hydrogen-bond donors (Lipinski definition) is 0. The van der Waals surface area contributed by atoms with Crippen LogP contribution in [0, 0.1) is 6.92 Å². The molecule has 16 heavy (non-hydrogen) atoms. The van der Waals surface area contributed by atoms with Crippen LogP contribution in [0.3, 0.4) is 0 Å². The molecule has 1 aliphatic rings. The Balaban J connectivity index is 0.000000606. The van der Waals surface area contributed by atoms with E-state index < -0.39 is 0 Å². The summed E-state index contributed by atoms with van der Waals surface area (Å²) in [5.74, 6) is 0.869. The van der Waals surface area contributed by atoms with E-state index in [1.54, 1.807) is 0 Å². The predicted octanol–water partition coefficient (Wildman–Crippen LogP) is 3.84. The van der Waals surface area contributed by atoms with Crippen LogP contribution in [0.15, 0.2) is 18.2 Å². The Morgan fingerprint density at radius 2 is 2.12 bits per heavy atom. The molecule has 1 aromatic rings. The molecular formula is C13H19ClO2. The molecule has 1 fully saturated rings. The monoisotopic (exact) mass is 242 g/mol. The van der Waals surface area contributed by atoms with Crippen molar-refractivity contribution in [2.45, 2.75) is 33.3 Å². The normalized spacial score (nSPS) is 18.9. The summed E-state index contributed by atoms with van der Waals surface area (Å²) in [5.41, 5.74) is 1.11. The first-order valence-electron chi connectivity index (χ1n) is 5.76. The maximum absolute atomic E-state index is 5.89. The summed E-state index contributed by atoms with van der Waals surface area (Å²) < 4.78 is 11.0. The topological polar surface area (TPSA) is 18.5 Å². The van der Waals surface area contributed by atoms with Gasteiger partial charge in [-0.2, -0.15) is 0 Å². The third kappa shape index (κ3) is 3.69. The minimum absolute atomic E-state index is 0.187. The van der Waals surface area contributed by atoms with Crippen LogP contribution in [0.2, 0.25) is 5.02 Å². The van der Waals surface area contributed by atoms with E-state index in [4.69, 9.17) is 21.1 Å². The van der Waals surface area contributed by atoms with E-state index in [1.165, 1.54) is 0 Å². The lowest BCUT2D eigenvalue weighted by Crippen LogP contribution is -2.16. The SMILES string of the molecule is CC.Cc1ccc(Cl)cc1OC1CCOC1. The molecule has 1 heterocycles. The fraction of sp³-hybridized carbons (Fsp3) is 0.538. The van der Waals surface area contributed by atoms with Crippen LogP contribution in [-0.2, 0) is 4.74 Å². The number of rotatable bonds is 2. The lowest BCUT2D eigenvalue weighted by atomic mass is 10.2. The van der Waals surface area contributed by atoms with Gasteiger partial charge in [0.15, 0.2) is 0 Å². The molecule has 1 aliphatic heterocycles. The summed E-state index contributed by atoms with van der Waals surface area (Å²) in [6.45, 7) is 7.50. The third-order valence-electron chi connectivity index (χ3n) is 2.33. The number of ether oxygens (including phenoxy) is 2. The second kappa shape index (κ2) is 6.77. The number of benzene rings is 1. The minimum atomic E-state index is 0.187. The van der Waals surface area contributed by atoms with Crippen molar-refractivity contribution in [1.82, 2.24) is 0 Å². The molecule has 0 N–H and O–H groups in total. The summed E-state index contributed by atoms with van der Waals surface area (Å²) in [4.78, 5) is 0. The van der Waals surface area contributed by atoms with E-state index in [0.29, 0.717) is 11.6 Å². The molecule has 0 amide bonds. The summed E-state index contributed by atoms with van der Waals surface area (Å²) >= 11 is 5.89. The highest BCUT2D eigenvalue weighted by molar-refractivity contribution is 6.30. The van der Waals surface area contributed by atoms with Gasteiger partial charge in [0.25, 0.3) is 0 Å². The molecule has 2 nitrogen and oxygen atoms in total. The van der Waals surface area contributed by atoms with E-state index in [-0.39, 0.29) is 6.10 Å². The third-order valence-corrected chi connectivity index (χ3v) is 2.57. The summed E-state index contributed by atoms with van der Waals surface area (Å²) in [7, 11) is 0. The van der Waals surface area contributed by atoms with Gasteiger partial charge < -0.3 is 9.47 Å². The van der Waals surface area contributed by atoms with Gasteiger partial charge in [0.1, 0.15) is 11.9 Å². The van der Waals surface area contributed by atoms with Crippen molar-refractivity contribution < 1.29 is 9.47 Å². The van der Waals surface area contributed by atoms with Gasteiger partial charge in [-0.15, -0.1) is 0 Å². The molecule has 1 unspecified atom stereocenters. The minimum Gasteiger partial charge on any atom is -0.488 e. The van der Waals surface area contributed by atoms with Crippen molar-refractivity contribution in [2.75, 3.05) is 13.2 Å². The van der Waals surface area contributed by atoms with Crippen LogP contribution in [-0.4, -0.2) is 19.3 Å². The second-order valence-corrected chi connectivity index (χ2v) is 3.95. The molecule has 0 aliphatic carbocycles. The number of hydrogen-bond acceptors (Lipinski definition) is 2. The highest BCUT2D eigenvalue weighted by Crippen LogP contribution is 2.25. The number of halogens is 1. The van der Waals surface area contributed by atoms with Crippen molar-refractivity contribution in [1.29, 1.82) is 0 Å². The van der Waals surface area contributed by atoms with Gasteiger partial charge in [0, 0.05) is 11.4 Å². The zero-order chi connectivity index (χ0) is 12.0. The van der Waals surface area contributed by atoms with Crippen LogP contribution < -0.4 is 4.74 Å². The van der Waals surface area contributed by atoms with Crippen molar-refractivity contribution in [3.63, 3.8) is 0 Å². The summed E-state index contributed by atoms with van der Waals surface area (Å²) in [5, 5.41) is 0.713. The van der Waals surface area contributed by atoms with Crippen LogP contribution in [0.5, 0.6) is 5.75 Å². The van der Waals surface area contributed by atoms with E-state index in [1.807, 2.05) is 39.0 Å². The van der Waals surface area contributed by atoms with Gasteiger partial charge in [0.2, 0.25) is 0 Å². The Hall–Kier alpha value is -0.730. The van der Waals surface area contributed by atoms with Gasteiger partial charge in [-0.25, -0.2) is 0 Å². The molecule has 1 saturated heterocycles. The first kappa shape index (κ1) is 13.3. The van der Waals surface area contributed by atoms with Crippen molar-refractivity contribution in [3.8, 4) is 5.75 Å². The van der Waals surface area contributed by atoms with Crippen LogP contribution in [0.1, 0.15) is 25.8 Å². The molecule has 1 aromatic carbocycles. The van der Waals surface area contributed by atoms with Crippen molar-refractivity contribution in [2.24, 2.45) is 0 Å². The fourth-order valence-corrected chi connectivity index (χ4v) is 1.65. The van der Waals surface area contributed by atoms with Crippen LogP contribution in [0.4, 0.5) is 0 Å². The fourth-order valence-electron chi connectivity index (χ4n) is 1.49. The van der Waals surface area contributed by atoms with Crippen LogP contribution in [0.25, 0.3) is 0 Å². The molecular weight excluding hydrogens is 224 g/mol. The van der Waals surface area contributed by atoms with Gasteiger partial charge in [-0.1, -0.05) is 31.5 Å². The molecule has 0 aromatic heterocycles. The van der Waals surface area contributed by atoms with E-state index in [0.717, 1.165) is 24.3 Å². The maximum atomic E-state index is 5.89. The molecule has 3 heteroatoms. The highest BCUT2D eigenvalue weighted by Gasteiger charge is 2.17. The molecule has 90 valence electrons. The average Bonchev–Trinajstić information content (AvgIpc) is 2.79. The van der Waals surface area contributed by atoms with Gasteiger partial charge in [0.05, 0.1) is 13.2 Å². The molecule has 0 radical (unpaired) electrons. The van der Waals surface area contributed by atoms with E-state index in [9.17, 15) is 0 Å². The van der Waals surface area contributed by atoms with E-state index in [2.05, 4.69) is 0 Å². The van der Waals surface area contributed by atoms with Gasteiger partial charge >= 0.3 is 0 Å². The van der Waals surface area contributed by atoms with Crippen molar-refractivity contribution in [3.05, 3.63) is 28.8 Å². The largest absolute Gasteiger partial charge is 0.488 e. The Morgan fingerprint density at radius 1 is 1.38 bits per heavy atom. The molecule has 1 atom stereocenters. The molecule has 2 rings (SSSR count). The summed E-state index contributed by atoms with van der Waals surface area (Å²) in [6, 6.07) is 5.69. The van der Waals surface area contributed by atoms with Crippen molar-refractivity contribution >= 4 is 11.6 Å². The zero-order valence-electron chi connectivity index (χ0n) is 10.1. The number of aryl methyl sites for hydroxylation is 1. The lowest BCUT2D eigenvalue weighted by Gasteiger charge is -2.13. The Kier molecular flexibility index (Phi) is 5.64. The second-order valence-electron chi connectivity index (χ2n) is 3.51. The Bertz CT molecular complexity index is 320. The maximum Gasteiger partial charge on any atom is 0.124 e. The summed E-state index contributed by atoms with van der Waals surface area (Å²) in [6.07, 6.45) is 1.15. The van der Waals surface area contributed by atoms with E-state index >= 15 is 0 Å². The average molecular weight is 243 g/mol. The zero-order valence-corrected chi connectivity index (χ0v) is 10.9. The lowest BCUT2D eigenvalue weighted by molar-refractivity contribution is 0.141. The highest BCUT2D eigenvalue weighted by atomic mass is 35.5. The first-order valence-corrected chi connectivity index (χ1v) is 6.14. The Morgan fingerprint density at radius 3 is 2.75 bits per heavy atom. The first-order chi connectivity index (χ1) is 7.75. The smallest absolute Gasteiger partial charge is 0.124 e. The Labute approximate surface area is 103 Å². The molecule has 0 bridgehead atoms. The van der Waals surface area contributed by atoms with Gasteiger partial charge in [-0.3, -0.25) is 0 Å². The van der Waals surface area contributed by atoms with Gasteiger partial charge in [-0.05, 0) is 24.6 Å².